The number of hydrogen-bond acceptors (Lipinski definition) is 8. The number of amides is 1. The van der Waals surface area contributed by atoms with E-state index in [9.17, 15) is 31.1 Å². The fraction of sp³-hybridized carbons (Fsp3) is 0.286. The lowest BCUT2D eigenvalue weighted by molar-refractivity contribution is -0.138. The molecule has 0 bridgehead atoms. The Kier molecular flexibility index (Phi) is 5.31. The van der Waals surface area contributed by atoms with Gasteiger partial charge < -0.3 is 11.1 Å². The number of pyridine rings is 1. The van der Waals surface area contributed by atoms with Crippen LogP contribution in [0, 0.1) is 0 Å². The van der Waals surface area contributed by atoms with E-state index >= 15 is 0 Å². The average Bonchev–Trinajstić information content (AvgIpc) is 3.39. The number of nitrogens with one attached hydrogen (secondary N) is 1. The van der Waals surface area contributed by atoms with Crippen LogP contribution >= 0.6 is 0 Å². The first-order chi connectivity index (χ1) is 17.3. The monoisotopic (exact) mass is 523 g/mol. The molecule has 4 aromatic rings. The quantitative estimate of drug-likeness (QED) is 0.389. The van der Waals surface area contributed by atoms with Gasteiger partial charge in [0.2, 0.25) is 5.91 Å². The van der Waals surface area contributed by atoms with Gasteiger partial charge in [0.1, 0.15) is 29.1 Å². The number of rotatable bonds is 4. The summed E-state index contributed by atoms with van der Waals surface area (Å²) in [5.41, 5.74) is 3.78. The molecule has 1 aliphatic rings. The zero-order valence-corrected chi connectivity index (χ0v) is 18.7. The van der Waals surface area contributed by atoms with Gasteiger partial charge in [-0.15, -0.1) is 0 Å². The van der Waals surface area contributed by atoms with E-state index in [1.807, 2.05) is 0 Å². The summed E-state index contributed by atoms with van der Waals surface area (Å²) in [5, 5.41) is 6.47. The van der Waals surface area contributed by atoms with Crippen molar-refractivity contribution < 1.29 is 31.1 Å². The second-order valence-electron chi connectivity index (χ2n) is 8.38. The zero-order valence-electron chi connectivity index (χ0n) is 18.7. The standard InChI is InChI=1S/C21H15F6N9O/c1-19(12-3-2-9(6-29-12)21(25,26)27)13-14(28)33-15(34-16(13)35-18(19)37)11-7-36-17(30-8-31-36)10(32-11)4-5-20(22,23)24/h2-3,6-8H,4-5H2,1H3,(H3,28,33,34,35,37). The molecule has 5 rings (SSSR count). The molecule has 10 nitrogen and oxygen atoms in total. The van der Waals surface area contributed by atoms with Crippen LogP contribution in [-0.2, 0) is 22.8 Å². The predicted molar refractivity (Wildman–Crippen MR) is 115 cm³/mol. The molecule has 37 heavy (non-hydrogen) atoms. The van der Waals surface area contributed by atoms with Gasteiger partial charge in [0.15, 0.2) is 11.5 Å². The third-order valence-electron chi connectivity index (χ3n) is 5.93. The molecule has 3 N–H and O–H groups in total. The molecule has 1 unspecified atom stereocenters. The molecule has 0 saturated carbocycles. The second-order valence-corrected chi connectivity index (χ2v) is 8.38. The van der Waals surface area contributed by atoms with Gasteiger partial charge in [-0.2, -0.15) is 31.4 Å². The van der Waals surface area contributed by atoms with Gasteiger partial charge in [-0.05, 0) is 19.1 Å². The number of nitrogens with zero attached hydrogens (tertiary/aromatic N) is 7. The number of alkyl halides is 6. The molecule has 0 spiro atoms. The number of carbonyl (C=O) groups excluding carboxylic acids is 1. The number of aromatic nitrogens is 7. The van der Waals surface area contributed by atoms with E-state index < -0.39 is 42.1 Å². The van der Waals surface area contributed by atoms with E-state index in [-0.39, 0.29) is 45.8 Å². The smallest absolute Gasteiger partial charge is 0.383 e. The molecule has 1 atom stereocenters. The van der Waals surface area contributed by atoms with Crippen molar-refractivity contribution in [1.29, 1.82) is 0 Å². The van der Waals surface area contributed by atoms with Crippen molar-refractivity contribution in [1.82, 2.24) is 34.5 Å². The van der Waals surface area contributed by atoms with E-state index in [0.29, 0.717) is 6.20 Å². The van der Waals surface area contributed by atoms with Crippen molar-refractivity contribution in [2.24, 2.45) is 0 Å². The van der Waals surface area contributed by atoms with Crippen molar-refractivity contribution in [3.8, 4) is 11.5 Å². The maximum atomic E-state index is 13.0. The van der Waals surface area contributed by atoms with E-state index in [1.54, 1.807) is 0 Å². The molecular formula is C21H15F6N9O. The number of nitrogen functional groups attached to an aromatic ring is 1. The Morgan fingerprint density at radius 3 is 2.49 bits per heavy atom. The lowest BCUT2D eigenvalue weighted by Crippen LogP contribution is -2.34. The average molecular weight is 523 g/mol. The van der Waals surface area contributed by atoms with Gasteiger partial charge in [0.25, 0.3) is 0 Å². The van der Waals surface area contributed by atoms with Crippen LogP contribution in [0.2, 0.25) is 0 Å². The first kappa shape index (κ1) is 24.3. The molecule has 0 aromatic carbocycles. The fourth-order valence-electron chi connectivity index (χ4n) is 4.05. The lowest BCUT2D eigenvalue weighted by atomic mass is 9.80. The highest BCUT2D eigenvalue weighted by molar-refractivity contribution is 6.08. The molecule has 0 saturated heterocycles. The Hall–Kier alpha value is -4.37. The largest absolute Gasteiger partial charge is 0.417 e. The maximum absolute atomic E-state index is 13.0. The number of halogens is 6. The number of carbonyl (C=O) groups is 1. The molecule has 0 aliphatic carbocycles. The number of anilines is 2. The highest BCUT2D eigenvalue weighted by Gasteiger charge is 2.49. The summed E-state index contributed by atoms with van der Waals surface area (Å²) in [4.78, 5) is 33.4. The van der Waals surface area contributed by atoms with Crippen LogP contribution in [0.25, 0.3) is 17.2 Å². The highest BCUT2D eigenvalue weighted by atomic mass is 19.4. The SMILES string of the molecule is CC1(c2ccc(C(F)(F)F)cn2)C(=O)Nc2nc(-c3cn4ncnc4c(CCC(F)(F)F)n3)nc(N)c21. The zero-order chi connectivity index (χ0) is 26.8. The van der Waals surface area contributed by atoms with Gasteiger partial charge in [0.05, 0.1) is 28.7 Å². The first-order valence-electron chi connectivity index (χ1n) is 10.6. The van der Waals surface area contributed by atoms with Crippen LogP contribution in [0.4, 0.5) is 38.0 Å². The topological polar surface area (TPSA) is 137 Å². The third-order valence-corrected chi connectivity index (χ3v) is 5.93. The van der Waals surface area contributed by atoms with Crippen molar-refractivity contribution in [2.45, 2.75) is 37.5 Å². The summed E-state index contributed by atoms with van der Waals surface area (Å²) < 4.78 is 78.5. The third kappa shape index (κ3) is 4.17. The summed E-state index contributed by atoms with van der Waals surface area (Å²) in [6.07, 6.45) is -7.56. The lowest BCUT2D eigenvalue weighted by Gasteiger charge is -2.22. The van der Waals surface area contributed by atoms with Crippen molar-refractivity contribution in [3.05, 3.63) is 53.4 Å². The molecule has 5 heterocycles. The Balaban J connectivity index is 1.57. The van der Waals surface area contributed by atoms with E-state index in [2.05, 4.69) is 35.3 Å². The highest BCUT2D eigenvalue weighted by Crippen LogP contribution is 2.44. The van der Waals surface area contributed by atoms with Gasteiger partial charge in [-0.25, -0.2) is 24.5 Å². The van der Waals surface area contributed by atoms with E-state index in [4.69, 9.17) is 5.73 Å². The van der Waals surface area contributed by atoms with Crippen molar-refractivity contribution >= 4 is 23.2 Å². The number of hydrogen-bond donors (Lipinski definition) is 2. The molecule has 1 amide bonds. The van der Waals surface area contributed by atoms with Gasteiger partial charge in [-0.1, -0.05) is 0 Å². The summed E-state index contributed by atoms with van der Waals surface area (Å²) in [5.74, 6) is -1.00. The number of fused-ring (bicyclic) bond motifs is 2. The maximum Gasteiger partial charge on any atom is 0.417 e. The Labute approximate surface area is 203 Å². The predicted octanol–water partition coefficient (Wildman–Crippen LogP) is 3.33. The number of nitrogens with two attached hydrogens (primary N) is 1. The molecular weight excluding hydrogens is 508 g/mol. The summed E-state index contributed by atoms with van der Waals surface area (Å²) >= 11 is 0. The minimum Gasteiger partial charge on any atom is -0.383 e. The fourth-order valence-corrected chi connectivity index (χ4v) is 4.05. The normalized spacial score (nSPS) is 17.8. The van der Waals surface area contributed by atoms with E-state index in [1.165, 1.54) is 17.6 Å². The minimum atomic E-state index is -4.61. The van der Waals surface area contributed by atoms with Crippen LogP contribution in [-0.4, -0.2) is 46.6 Å². The van der Waals surface area contributed by atoms with Gasteiger partial charge in [-0.3, -0.25) is 9.78 Å². The Morgan fingerprint density at radius 2 is 1.84 bits per heavy atom. The van der Waals surface area contributed by atoms with Crippen LogP contribution in [0.5, 0.6) is 0 Å². The molecule has 1 aliphatic heterocycles. The van der Waals surface area contributed by atoms with E-state index in [0.717, 1.165) is 18.5 Å². The van der Waals surface area contributed by atoms with Crippen molar-refractivity contribution in [2.75, 3.05) is 11.1 Å². The summed E-state index contributed by atoms with van der Waals surface area (Å²) in [6, 6.07) is 1.86. The van der Waals surface area contributed by atoms with Crippen molar-refractivity contribution in [3.63, 3.8) is 0 Å². The molecule has 16 heteroatoms. The molecule has 0 fully saturated rings. The van der Waals surface area contributed by atoms with Gasteiger partial charge in [0, 0.05) is 19.0 Å². The molecule has 192 valence electrons. The second kappa shape index (κ2) is 8.07. The van der Waals surface area contributed by atoms with Crippen LogP contribution < -0.4 is 11.1 Å². The molecule has 4 aromatic heterocycles. The summed E-state index contributed by atoms with van der Waals surface area (Å²) in [7, 11) is 0. The van der Waals surface area contributed by atoms with Crippen LogP contribution in [0.15, 0.2) is 30.9 Å². The van der Waals surface area contributed by atoms with Gasteiger partial charge >= 0.3 is 12.4 Å². The summed E-state index contributed by atoms with van der Waals surface area (Å²) in [6.45, 7) is 1.41. The first-order valence-corrected chi connectivity index (χ1v) is 10.6. The number of aryl methyl sites for hydroxylation is 1. The minimum absolute atomic E-state index is 0.00202. The molecule has 0 radical (unpaired) electrons. The van der Waals surface area contributed by atoms with Crippen LogP contribution in [0.1, 0.15) is 35.9 Å². The Morgan fingerprint density at radius 1 is 1.08 bits per heavy atom. The Bertz CT molecular complexity index is 1530. The van der Waals surface area contributed by atoms with Crippen LogP contribution in [0.3, 0.4) is 0 Å².